The fourth-order valence-electron chi connectivity index (χ4n) is 2.08. The average molecular weight is 312 g/mol. The van der Waals surface area contributed by atoms with Crippen molar-refractivity contribution in [2.45, 2.75) is 40.2 Å². The van der Waals surface area contributed by atoms with Gasteiger partial charge in [0.1, 0.15) is 6.54 Å². The van der Waals surface area contributed by atoms with Crippen LogP contribution < -0.4 is 9.62 Å². The van der Waals surface area contributed by atoms with Crippen molar-refractivity contribution < 1.29 is 13.2 Å². The summed E-state index contributed by atoms with van der Waals surface area (Å²) in [4.78, 5) is 12.0. The topological polar surface area (TPSA) is 66.5 Å². The van der Waals surface area contributed by atoms with E-state index in [-0.39, 0.29) is 12.5 Å². The van der Waals surface area contributed by atoms with Gasteiger partial charge in [0, 0.05) is 5.54 Å². The monoisotopic (exact) mass is 312 g/mol. The maximum absolute atomic E-state index is 12.0. The zero-order chi connectivity index (χ0) is 16.4. The van der Waals surface area contributed by atoms with Gasteiger partial charge in [-0.1, -0.05) is 6.07 Å². The number of anilines is 1. The van der Waals surface area contributed by atoms with Gasteiger partial charge in [-0.2, -0.15) is 0 Å². The number of hydrogen-bond acceptors (Lipinski definition) is 3. The van der Waals surface area contributed by atoms with Crippen LogP contribution in [0.4, 0.5) is 5.69 Å². The lowest BCUT2D eigenvalue weighted by Gasteiger charge is -2.26. The fourth-order valence-corrected chi connectivity index (χ4v) is 2.92. The summed E-state index contributed by atoms with van der Waals surface area (Å²) >= 11 is 0. The number of benzene rings is 1. The zero-order valence-corrected chi connectivity index (χ0v) is 14.3. The van der Waals surface area contributed by atoms with E-state index < -0.39 is 15.6 Å². The number of sulfonamides is 1. The van der Waals surface area contributed by atoms with Gasteiger partial charge in [0.25, 0.3) is 0 Å². The van der Waals surface area contributed by atoms with E-state index in [2.05, 4.69) is 5.32 Å². The van der Waals surface area contributed by atoms with Gasteiger partial charge < -0.3 is 5.32 Å². The molecule has 0 radical (unpaired) electrons. The van der Waals surface area contributed by atoms with Gasteiger partial charge in [-0.15, -0.1) is 0 Å². The lowest BCUT2D eigenvalue weighted by atomic mass is 10.1. The second-order valence-corrected chi connectivity index (χ2v) is 8.32. The van der Waals surface area contributed by atoms with E-state index in [1.54, 1.807) is 12.1 Å². The molecule has 0 spiro atoms. The molecule has 1 N–H and O–H groups in total. The molecular formula is C15H24N2O3S. The summed E-state index contributed by atoms with van der Waals surface area (Å²) in [7, 11) is -3.53. The number of nitrogens with zero attached hydrogens (tertiary/aromatic N) is 1. The van der Waals surface area contributed by atoms with Gasteiger partial charge in [0.15, 0.2) is 0 Å². The fraction of sp³-hybridized carbons (Fsp3) is 0.533. The highest BCUT2D eigenvalue weighted by atomic mass is 32.2. The highest BCUT2D eigenvalue weighted by Gasteiger charge is 2.23. The summed E-state index contributed by atoms with van der Waals surface area (Å²) in [5.41, 5.74) is 2.02. The molecule has 21 heavy (non-hydrogen) atoms. The molecule has 0 saturated carbocycles. The molecule has 5 nitrogen and oxygen atoms in total. The minimum Gasteiger partial charge on any atom is -0.350 e. The molecular weight excluding hydrogens is 288 g/mol. The first-order chi connectivity index (χ1) is 9.38. The molecule has 0 aliphatic heterocycles. The predicted molar refractivity (Wildman–Crippen MR) is 86.0 cm³/mol. The third-order valence-electron chi connectivity index (χ3n) is 2.70. The molecule has 1 aromatic carbocycles. The lowest BCUT2D eigenvalue weighted by molar-refractivity contribution is -0.121. The van der Waals surface area contributed by atoms with Crippen molar-refractivity contribution >= 4 is 21.6 Å². The molecule has 0 fully saturated rings. The van der Waals surface area contributed by atoms with Gasteiger partial charge in [-0.25, -0.2) is 8.42 Å². The Kier molecular flexibility index (Phi) is 5.04. The molecule has 0 aliphatic carbocycles. The molecule has 0 aromatic heterocycles. The van der Waals surface area contributed by atoms with Gasteiger partial charge in [-0.05, 0) is 57.9 Å². The van der Waals surface area contributed by atoms with Crippen molar-refractivity contribution in [3.63, 3.8) is 0 Å². The summed E-state index contributed by atoms with van der Waals surface area (Å²) in [6, 6.07) is 5.48. The Hall–Kier alpha value is -1.56. The maximum atomic E-state index is 12.0. The van der Waals surface area contributed by atoms with Crippen LogP contribution in [0.15, 0.2) is 18.2 Å². The van der Waals surface area contributed by atoms with Crippen LogP contribution in [0, 0.1) is 13.8 Å². The minimum absolute atomic E-state index is 0.223. The van der Waals surface area contributed by atoms with E-state index in [1.165, 1.54) is 0 Å². The average Bonchev–Trinajstić information content (AvgIpc) is 2.20. The number of aryl methyl sites for hydroxylation is 2. The molecule has 1 amide bonds. The zero-order valence-electron chi connectivity index (χ0n) is 13.5. The standard InChI is InChI=1S/C15H24N2O3S/c1-11-7-12(2)9-13(8-11)17(21(6,19)20)10-14(18)16-15(3,4)5/h7-9H,10H2,1-6H3,(H,16,18). The number of rotatable bonds is 4. The predicted octanol–water partition coefficient (Wildman–Crippen LogP) is 1.98. The minimum atomic E-state index is -3.53. The Labute approximate surface area is 127 Å². The van der Waals surface area contributed by atoms with E-state index in [1.807, 2.05) is 40.7 Å². The molecule has 0 saturated heterocycles. The van der Waals surface area contributed by atoms with E-state index in [9.17, 15) is 13.2 Å². The summed E-state index contributed by atoms with van der Waals surface area (Å²) in [5.74, 6) is -0.327. The van der Waals surface area contributed by atoms with Crippen LogP contribution in [0.3, 0.4) is 0 Å². The molecule has 0 unspecified atom stereocenters. The van der Waals surface area contributed by atoms with E-state index in [0.717, 1.165) is 21.7 Å². The molecule has 6 heteroatoms. The van der Waals surface area contributed by atoms with Crippen molar-refractivity contribution in [1.82, 2.24) is 5.32 Å². The van der Waals surface area contributed by atoms with Gasteiger partial charge >= 0.3 is 0 Å². The Balaban J connectivity index is 3.11. The van der Waals surface area contributed by atoms with Crippen LogP contribution in [-0.4, -0.2) is 32.7 Å². The smallest absolute Gasteiger partial charge is 0.241 e. The van der Waals surface area contributed by atoms with Crippen LogP contribution in [0.5, 0.6) is 0 Å². The Morgan fingerprint density at radius 3 is 2.00 bits per heavy atom. The summed E-state index contributed by atoms with van der Waals surface area (Å²) in [5, 5.41) is 2.78. The molecule has 0 bridgehead atoms. The number of nitrogens with one attached hydrogen (secondary N) is 1. The SMILES string of the molecule is Cc1cc(C)cc(N(CC(=O)NC(C)(C)C)S(C)(=O)=O)c1. The number of carbonyl (C=O) groups excluding carboxylic acids is 1. The second-order valence-electron chi connectivity index (χ2n) is 6.41. The van der Waals surface area contributed by atoms with Crippen LogP contribution in [0.25, 0.3) is 0 Å². The number of amides is 1. The van der Waals surface area contributed by atoms with Crippen molar-refractivity contribution in [3.05, 3.63) is 29.3 Å². The highest BCUT2D eigenvalue weighted by Crippen LogP contribution is 2.21. The first kappa shape index (κ1) is 17.5. The first-order valence-electron chi connectivity index (χ1n) is 6.75. The Morgan fingerprint density at radius 1 is 1.14 bits per heavy atom. The van der Waals surface area contributed by atoms with E-state index >= 15 is 0 Å². The normalized spacial score (nSPS) is 12.1. The van der Waals surface area contributed by atoms with Crippen LogP contribution in [0.1, 0.15) is 31.9 Å². The molecule has 1 rings (SSSR count). The second kappa shape index (κ2) is 6.05. The van der Waals surface area contributed by atoms with Gasteiger partial charge in [-0.3, -0.25) is 9.10 Å². The number of carbonyl (C=O) groups is 1. The molecule has 0 atom stereocenters. The van der Waals surface area contributed by atoms with Crippen molar-refractivity contribution in [2.24, 2.45) is 0 Å². The largest absolute Gasteiger partial charge is 0.350 e. The quantitative estimate of drug-likeness (QED) is 0.924. The summed E-state index contributed by atoms with van der Waals surface area (Å²) < 4.78 is 25.1. The third kappa shape index (κ3) is 5.75. The van der Waals surface area contributed by atoms with Crippen LogP contribution >= 0.6 is 0 Å². The molecule has 118 valence electrons. The Morgan fingerprint density at radius 2 is 1.62 bits per heavy atom. The van der Waals surface area contributed by atoms with E-state index in [4.69, 9.17) is 0 Å². The Bertz CT molecular complexity index is 611. The summed E-state index contributed by atoms with van der Waals surface area (Å²) in [6.07, 6.45) is 1.11. The van der Waals surface area contributed by atoms with Gasteiger partial charge in [0.2, 0.25) is 15.9 Å². The van der Waals surface area contributed by atoms with Crippen LogP contribution in [-0.2, 0) is 14.8 Å². The van der Waals surface area contributed by atoms with Gasteiger partial charge in [0.05, 0.1) is 11.9 Å². The first-order valence-corrected chi connectivity index (χ1v) is 8.60. The molecule has 0 heterocycles. The summed E-state index contributed by atoms with van der Waals surface area (Å²) in [6.45, 7) is 9.13. The lowest BCUT2D eigenvalue weighted by Crippen LogP contribution is -2.47. The molecule has 1 aromatic rings. The third-order valence-corrected chi connectivity index (χ3v) is 3.84. The van der Waals surface area contributed by atoms with Crippen LogP contribution in [0.2, 0.25) is 0 Å². The van der Waals surface area contributed by atoms with Crippen molar-refractivity contribution in [1.29, 1.82) is 0 Å². The van der Waals surface area contributed by atoms with Crippen molar-refractivity contribution in [3.8, 4) is 0 Å². The number of hydrogen-bond donors (Lipinski definition) is 1. The maximum Gasteiger partial charge on any atom is 0.241 e. The van der Waals surface area contributed by atoms with E-state index in [0.29, 0.717) is 5.69 Å². The highest BCUT2D eigenvalue weighted by molar-refractivity contribution is 7.92. The molecule has 0 aliphatic rings. The van der Waals surface area contributed by atoms with Crippen molar-refractivity contribution in [2.75, 3.05) is 17.1 Å².